The van der Waals surface area contributed by atoms with Crippen LogP contribution in [-0.2, 0) is 0 Å². The molecule has 0 aromatic heterocycles. The number of halogens is 5. The molecule has 120 valence electrons. The molecule has 0 spiro atoms. The lowest BCUT2D eigenvalue weighted by Gasteiger charge is -2.09. The van der Waals surface area contributed by atoms with Gasteiger partial charge in [-0.25, -0.2) is 18.0 Å². The van der Waals surface area contributed by atoms with E-state index in [0.29, 0.717) is 0 Å². The maximum atomic E-state index is 13.6. The highest BCUT2D eigenvalue weighted by Crippen LogP contribution is 2.23. The summed E-state index contributed by atoms with van der Waals surface area (Å²) in [6, 6.07) is 3.90. The molecule has 2 aromatic carbocycles. The van der Waals surface area contributed by atoms with Gasteiger partial charge in [-0.1, -0.05) is 17.7 Å². The van der Waals surface area contributed by atoms with Crippen molar-refractivity contribution in [1.82, 2.24) is 5.32 Å². The number of imide groups is 1. The van der Waals surface area contributed by atoms with Gasteiger partial charge in [0.1, 0.15) is 17.5 Å². The minimum atomic E-state index is -1.17. The summed E-state index contributed by atoms with van der Waals surface area (Å²) in [6.07, 6.45) is 0. The Bertz CT molecular complexity index is 782. The van der Waals surface area contributed by atoms with E-state index in [1.165, 1.54) is 12.1 Å². The van der Waals surface area contributed by atoms with E-state index in [1.807, 2.05) is 5.32 Å². The highest BCUT2D eigenvalue weighted by atomic mass is 79.9. The van der Waals surface area contributed by atoms with E-state index in [9.17, 15) is 22.8 Å². The van der Waals surface area contributed by atoms with Crippen LogP contribution in [0.3, 0.4) is 0 Å². The van der Waals surface area contributed by atoms with Crippen LogP contribution in [0.2, 0.25) is 5.02 Å². The van der Waals surface area contributed by atoms with Crippen LogP contribution in [0.4, 0.5) is 23.7 Å². The summed E-state index contributed by atoms with van der Waals surface area (Å²) in [5.41, 5.74) is -1.03. The second-order valence-electron chi connectivity index (χ2n) is 4.25. The van der Waals surface area contributed by atoms with Crippen LogP contribution in [0.1, 0.15) is 10.4 Å². The molecule has 0 fully saturated rings. The van der Waals surface area contributed by atoms with Crippen molar-refractivity contribution in [3.05, 3.63) is 62.8 Å². The molecule has 0 bridgehead atoms. The van der Waals surface area contributed by atoms with Gasteiger partial charge in [0.15, 0.2) is 0 Å². The van der Waals surface area contributed by atoms with Crippen molar-refractivity contribution in [2.24, 2.45) is 0 Å². The van der Waals surface area contributed by atoms with Crippen LogP contribution in [0, 0.1) is 17.5 Å². The van der Waals surface area contributed by atoms with Gasteiger partial charge >= 0.3 is 6.03 Å². The fourth-order valence-corrected chi connectivity index (χ4v) is 2.22. The van der Waals surface area contributed by atoms with Gasteiger partial charge in [-0.15, -0.1) is 0 Å². The average Bonchev–Trinajstić information content (AvgIpc) is 2.44. The van der Waals surface area contributed by atoms with Gasteiger partial charge in [-0.2, -0.15) is 0 Å². The fourth-order valence-electron chi connectivity index (χ4n) is 1.65. The maximum absolute atomic E-state index is 13.6. The quantitative estimate of drug-likeness (QED) is 0.721. The van der Waals surface area contributed by atoms with Gasteiger partial charge in [0, 0.05) is 6.07 Å². The third-order valence-electron chi connectivity index (χ3n) is 2.68. The molecule has 0 aliphatic heterocycles. The third kappa shape index (κ3) is 4.02. The second kappa shape index (κ2) is 7.01. The van der Waals surface area contributed by atoms with Crippen molar-refractivity contribution in [2.45, 2.75) is 0 Å². The number of benzene rings is 2. The number of anilines is 1. The van der Waals surface area contributed by atoms with Gasteiger partial charge in [0.25, 0.3) is 5.91 Å². The third-order valence-corrected chi connectivity index (χ3v) is 3.60. The van der Waals surface area contributed by atoms with Crippen molar-refractivity contribution >= 4 is 45.2 Å². The molecule has 2 aromatic rings. The molecule has 0 heterocycles. The van der Waals surface area contributed by atoms with E-state index in [4.69, 9.17) is 11.6 Å². The topological polar surface area (TPSA) is 58.2 Å². The van der Waals surface area contributed by atoms with E-state index in [-0.39, 0.29) is 9.50 Å². The zero-order valence-corrected chi connectivity index (χ0v) is 13.4. The largest absolute Gasteiger partial charge is 0.326 e. The number of amides is 3. The van der Waals surface area contributed by atoms with E-state index in [2.05, 4.69) is 15.9 Å². The molecule has 0 saturated carbocycles. The summed E-state index contributed by atoms with van der Waals surface area (Å²) >= 11 is 8.46. The molecule has 9 heteroatoms. The van der Waals surface area contributed by atoms with Crippen LogP contribution in [0.15, 0.2) is 34.8 Å². The molecule has 0 atom stereocenters. The van der Waals surface area contributed by atoms with Gasteiger partial charge in [0.2, 0.25) is 0 Å². The van der Waals surface area contributed by atoms with Gasteiger partial charge in [-0.05, 0) is 34.1 Å². The Balaban J connectivity index is 2.14. The zero-order chi connectivity index (χ0) is 17.1. The lowest BCUT2D eigenvalue weighted by atomic mass is 10.2. The Labute approximate surface area is 141 Å². The first-order valence-electron chi connectivity index (χ1n) is 6.00. The number of hydrogen-bond donors (Lipinski definition) is 2. The first-order valence-corrected chi connectivity index (χ1v) is 7.17. The number of urea groups is 1. The molecule has 0 aliphatic rings. The minimum Gasteiger partial charge on any atom is -0.305 e. The standard InChI is InChI=1S/C14H7BrClF3N2O2/c15-6-4-10(19)11(5-9(6)18)20-14(23)21-13(22)12-7(16)2-1-3-8(12)17/h1-5H,(H2,20,21,22,23). The number of hydrogen-bond acceptors (Lipinski definition) is 2. The smallest absolute Gasteiger partial charge is 0.305 e. The van der Waals surface area contributed by atoms with Crippen molar-refractivity contribution < 1.29 is 22.8 Å². The maximum Gasteiger partial charge on any atom is 0.326 e. The monoisotopic (exact) mass is 406 g/mol. The molecule has 3 amide bonds. The number of rotatable bonds is 2. The molecular weight excluding hydrogens is 401 g/mol. The van der Waals surface area contributed by atoms with Crippen molar-refractivity contribution in [1.29, 1.82) is 0 Å². The Morgan fingerprint density at radius 3 is 2.39 bits per heavy atom. The first-order chi connectivity index (χ1) is 10.8. The predicted octanol–water partition coefficient (Wildman–Crippen LogP) is 4.48. The van der Waals surface area contributed by atoms with Crippen LogP contribution >= 0.6 is 27.5 Å². The van der Waals surface area contributed by atoms with Gasteiger partial charge in [0.05, 0.1) is 20.7 Å². The predicted molar refractivity (Wildman–Crippen MR) is 82.0 cm³/mol. The summed E-state index contributed by atoms with van der Waals surface area (Å²) in [4.78, 5) is 23.5. The molecule has 2 rings (SSSR count). The van der Waals surface area contributed by atoms with Crippen LogP contribution < -0.4 is 10.6 Å². The first kappa shape index (κ1) is 17.3. The lowest BCUT2D eigenvalue weighted by molar-refractivity contribution is 0.0963. The molecule has 0 unspecified atom stereocenters. The summed E-state index contributed by atoms with van der Waals surface area (Å²) in [5.74, 6) is -3.79. The van der Waals surface area contributed by atoms with Crippen LogP contribution in [0.5, 0.6) is 0 Å². The van der Waals surface area contributed by atoms with E-state index in [1.54, 1.807) is 5.32 Å². The molecule has 0 saturated heterocycles. The van der Waals surface area contributed by atoms with E-state index >= 15 is 0 Å². The average molecular weight is 408 g/mol. The Kier molecular flexibility index (Phi) is 5.27. The Hall–Kier alpha value is -2.06. The molecule has 4 nitrogen and oxygen atoms in total. The fraction of sp³-hybridized carbons (Fsp3) is 0. The summed E-state index contributed by atoms with van der Waals surface area (Å²) in [5, 5.41) is 3.52. The summed E-state index contributed by atoms with van der Waals surface area (Å²) in [6.45, 7) is 0. The van der Waals surface area contributed by atoms with Gasteiger partial charge < -0.3 is 5.32 Å². The highest BCUT2D eigenvalue weighted by molar-refractivity contribution is 9.10. The zero-order valence-electron chi connectivity index (χ0n) is 11.1. The van der Waals surface area contributed by atoms with Crippen molar-refractivity contribution in [3.63, 3.8) is 0 Å². The minimum absolute atomic E-state index is 0.129. The number of carbonyl (C=O) groups is 2. The van der Waals surface area contributed by atoms with Crippen molar-refractivity contribution in [2.75, 3.05) is 5.32 Å². The van der Waals surface area contributed by atoms with Crippen molar-refractivity contribution in [3.8, 4) is 0 Å². The lowest BCUT2D eigenvalue weighted by Crippen LogP contribution is -2.35. The van der Waals surface area contributed by atoms with Gasteiger partial charge in [-0.3, -0.25) is 10.1 Å². The molecular formula is C14H7BrClF3N2O2. The van der Waals surface area contributed by atoms with Crippen LogP contribution in [0.25, 0.3) is 0 Å². The normalized spacial score (nSPS) is 10.3. The second-order valence-corrected chi connectivity index (χ2v) is 5.51. The van der Waals surface area contributed by atoms with E-state index < -0.39 is 40.6 Å². The highest BCUT2D eigenvalue weighted by Gasteiger charge is 2.19. The van der Waals surface area contributed by atoms with E-state index in [0.717, 1.165) is 18.2 Å². The number of carbonyl (C=O) groups excluding carboxylic acids is 2. The molecule has 0 radical (unpaired) electrons. The van der Waals surface area contributed by atoms with Crippen LogP contribution in [-0.4, -0.2) is 11.9 Å². The molecule has 2 N–H and O–H groups in total. The summed E-state index contributed by atoms with van der Waals surface area (Å²) < 4.78 is 40.3. The molecule has 23 heavy (non-hydrogen) atoms. The Morgan fingerprint density at radius 2 is 1.74 bits per heavy atom. The molecule has 0 aliphatic carbocycles. The Morgan fingerprint density at radius 1 is 1.04 bits per heavy atom. The SMILES string of the molecule is O=C(NC(=O)c1c(F)cccc1Cl)Nc1cc(F)c(Br)cc1F. The summed E-state index contributed by atoms with van der Waals surface area (Å²) in [7, 11) is 0. The number of nitrogens with one attached hydrogen (secondary N) is 2.